The number of amides is 1. The Morgan fingerprint density at radius 3 is 2.63 bits per heavy atom. The van der Waals surface area contributed by atoms with E-state index in [1.165, 1.54) is 5.56 Å². The van der Waals surface area contributed by atoms with Crippen molar-refractivity contribution in [1.82, 2.24) is 35.0 Å². The van der Waals surface area contributed by atoms with Crippen molar-refractivity contribution >= 4 is 40.6 Å². The minimum Gasteiger partial charge on any atom is -0.354 e. The first-order chi connectivity index (χ1) is 18.5. The number of carbonyl (C=O) groups excluding carboxylic acids is 1. The van der Waals surface area contributed by atoms with Gasteiger partial charge in [0.15, 0.2) is 5.65 Å². The van der Waals surface area contributed by atoms with Gasteiger partial charge in [0, 0.05) is 61.6 Å². The van der Waals surface area contributed by atoms with E-state index in [1.54, 1.807) is 17.0 Å². The highest BCUT2D eigenvalue weighted by Gasteiger charge is 2.42. The maximum atomic E-state index is 14.0. The number of fused-ring (bicyclic) bond motifs is 1. The van der Waals surface area contributed by atoms with Crippen LogP contribution in [0.15, 0.2) is 61.1 Å². The van der Waals surface area contributed by atoms with Gasteiger partial charge in [0.05, 0.1) is 10.9 Å². The second-order valence-electron chi connectivity index (χ2n) is 9.87. The van der Waals surface area contributed by atoms with E-state index >= 15 is 0 Å². The molecule has 1 aromatic carbocycles. The summed E-state index contributed by atoms with van der Waals surface area (Å²) in [7, 11) is 0. The average molecular weight is 551 g/mol. The van der Waals surface area contributed by atoms with E-state index < -0.39 is 0 Å². The van der Waals surface area contributed by atoms with Gasteiger partial charge in [-0.2, -0.15) is 4.52 Å². The van der Waals surface area contributed by atoms with Crippen molar-refractivity contribution in [3.8, 4) is 0 Å². The first-order valence-corrected chi connectivity index (χ1v) is 13.6. The molecule has 9 nitrogen and oxygen atoms in total. The van der Waals surface area contributed by atoms with E-state index in [9.17, 15) is 4.79 Å². The number of anilines is 1. The van der Waals surface area contributed by atoms with Crippen molar-refractivity contribution in [2.24, 2.45) is 5.92 Å². The summed E-state index contributed by atoms with van der Waals surface area (Å²) in [4.78, 5) is 22.8. The number of halogens is 2. The number of pyridine rings is 1. The third-order valence-corrected chi connectivity index (χ3v) is 7.99. The van der Waals surface area contributed by atoms with Crippen LogP contribution in [0.25, 0.3) is 5.65 Å². The molecule has 3 aromatic heterocycles. The minimum absolute atomic E-state index is 0.0709. The second-order valence-corrected chi connectivity index (χ2v) is 10.7. The lowest BCUT2D eigenvalue weighted by Crippen LogP contribution is -2.45. The fraction of sp³-hybridized carbons (Fsp3) is 0.370. The molecule has 2 aliphatic heterocycles. The second kappa shape index (κ2) is 10.8. The Morgan fingerprint density at radius 1 is 0.974 bits per heavy atom. The van der Waals surface area contributed by atoms with Crippen molar-refractivity contribution in [3.05, 3.63) is 82.4 Å². The van der Waals surface area contributed by atoms with Crippen LogP contribution in [0.5, 0.6) is 0 Å². The molecule has 2 fully saturated rings. The van der Waals surface area contributed by atoms with Gasteiger partial charge in [0.1, 0.15) is 12.1 Å². The van der Waals surface area contributed by atoms with Crippen molar-refractivity contribution in [3.63, 3.8) is 0 Å². The van der Waals surface area contributed by atoms with Crippen LogP contribution in [0.1, 0.15) is 36.1 Å². The molecule has 0 bridgehead atoms. The van der Waals surface area contributed by atoms with Crippen LogP contribution in [0, 0.1) is 5.92 Å². The fourth-order valence-electron chi connectivity index (χ4n) is 5.54. The topological polar surface area (TPSA) is 91.5 Å². The molecule has 38 heavy (non-hydrogen) atoms. The van der Waals surface area contributed by atoms with Gasteiger partial charge in [0.2, 0.25) is 5.91 Å². The molecule has 3 atom stereocenters. The first kappa shape index (κ1) is 25.0. The van der Waals surface area contributed by atoms with Gasteiger partial charge in [-0.05, 0) is 54.8 Å². The van der Waals surface area contributed by atoms with Gasteiger partial charge in [-0.15, -0.1) is 15.3 Å². The van der Waals surface area contributed by atoms with Crippen molar-refractivity contribution in [2.45, 2.75) is 24.8 Å². The van der Waals surface area contributed by atoms with Gasteiger partial charge >= 0.3 is 0 Å². The molecular formula is C27H28Cl2N8O. The Hall–Kier alpha value is -3.27. The summed E-state index contributed by atoms with van der Waals surface area (Å²) in [6, 6.07) is 15.9. The Kier molecular flexibility index (Phi) is 7.14. The van der Waals surface area contributed by atoms with E-state index in [4.69, 9.17) is 23.2 Å². The molecule has 5 heterocycles. The summed E-state index contributed by atoms with van der Waals surface area (Å²) in [6.45, 7) is 3.31. The number of carbonyl (C=O) groups is 1. The predicted molar refractivity (Wildman–Crippen MR) is 146 cm³/mol. The Labute approximate surface area is 230 Å². The zero-order valence-electron chi connectivity index (χ0n) is 20.7. The van der Waals surface area contributed by atoms with E-state index in [1.807, 2.05) is 41.3 Å². The molecule has 6 rings (SSSR count). The lowest BCUT2D eigenvalue weighted by molar-refractivity contribution is -0.135. The Bertz CT molecular complexity index is 1400. The third kappa shape index (κ3) is 5.18. The fourth-order valence-corrected chi connectivity index (χ4v) is 5.78. The molecule has 0 saturated carbocycles. The molecule has 0 radical (unpaired) electrons. The maximum Gasteiger partial charge on any atom is 0.228 e. The van der Waals surface area contributed by atoms with Gasteiger partial charge in [-0.3, -0.25) is 9.78 Å². The van der Waals surface area contributed by atoms with Crippen LogP contribution in [0.4, 0.5) is 5.82 Å². The highest BCUT2D eigenvalue weighted by molar-refractivity contribution is 6.30. The van der Waals surface area contributed by atoms with Gasteiger partial charge in [-0.1, -0.05) is 35.3 Å². The number of nitrogens with zero attached hydrogens (tertiary/aromatic N) is 7. The van der Waals surface area contributed by atoms with E-state index in [-0.39, 0.29) is 23.8 Å². The van der Waals surface area contributed by atoms with Gasteiger partial charge in [-0.25, -0.2) is 0 Å². The Morgan fingerprint density at radius 2 is 1.82 bits per heavy atom. The number of benzene rings is 1. The Balaban J connectivity index is 1.20. The molecule has 4 aromatic rings. The van der Waals surface area contributed by atoms with Crippen LogP contribution < -0.4 is 10.2 Å². The molecule has 0 aliphatic carbocycles. The molecule has 1 N–H and O–H groups in total. The molecule has 0 spiro atoms. The molecule has 2 saturated heterocycles. The lowest BCUT2D eigenvalue weighted by atomic mass is 9.90. The van der Waals surface area contributed by atoms with Gasteiger partial charge < -0.3 is 15.1 Å². The summed E-state index contributed by atoms with van der Waals surface area (Å²) < 4.78 is 1.65. The van der Waals surface area contributed by atoms with Crippen LogP contribution in [-0.2, 0) is 4.79 Å². The average Bonchev–Trinajstić information content (AvgIpc) is 3.57. The maximum absolute atomic E-state index is 14.0. The zero-order chi connectivity index (χ0) is 26.1. The highest BCUT2D eigenvalue weighted by Crippen LogP contribution is 2.36. The van der Waals surface area contributed by atoms with Crippen molar-refractivity contribution in [1.29, 1.82) is 0 Å². The summed E-state index contributed by atoms with van der Waals surface area (Å²) in [5.41, 5.74) is 2.78. The monoisotopic (exact) mass is 550 g/mol. The first-order valence-electron chi connectivity index (χ1n) is 12.9. The number of rotatable bonds is 4. The standard InChI is InChI=1S/C27H28Cl2N8O/c28-19-5-3-18(4-6-19)23-2-1-12-35(13-11-30-23)27(38)22-16-36(15-21(22)24-8-7-20(29)14-31-24)26-10-9-25-33-32-17-37(25)34-26/h3-10,14,17,21-23,30H,1-2,11-13,15-16H2/t21-,22-,23+/m1/s1. The molecule has 11 heteroatoms. The van der Waals surface area contributed by atoms with Crippen LogP contribution in [0.3, 0.4) is 0 Å². The summed E-state index contributed by atoms with van der Waals surface area (Å²) >= 11 is 12.2. The van der Waals surface area contributed by atoms with E-state index in [0.717, 1.165) is 42.5 Å². The molecule has 196 valence electrons. The molecular weight excluding hydrogens is 523 g/mol. The van der Waals surface area contributed by atoms with Crippen LogP contribution in [-0.4, -0.2) is 68.3 Å². The summed E-state index contributed by atoms with van der Waals surface area (Å²) in [6.07, 6.45) is 5.10. The zero-order valence-corrected chi connectivity index (χ0v) is 22.3. The molecule has 0 unspecified atom stereocenters. The summed E-state index contributed by atoms with van der Waals surface area (Å²) in [5.74, 6) is 0.630. The minimum atomic E-state index is -0.242. The molecule has 2 aliphatic rings. The normalized spacial score (nSPS) is 22.4. The smallest absolute Gasteiger partial charge is 0.228 e. The summed E-state index contributed by atoms with van der Waals surface area (Å²) in [5, 5.41) is 17.6. The molecule has 1 amide bonds. The SMILES string of the molecule is O=C([C@@H]1CN(c2ccc3nncn3n2)C[C@H]1c1ccc(Cl)cn1)N1CCC[C@@H](c2ccc(Cl)cc2)NCC1. The number of nitrogens with one attached hydrogen (secondary N) is 1. The quantitative estimate of drug-likeness (QED) is 0.410. The van der Waals surface area contributed by atoms with Crippen LogP contribution in [0.2, 0.25) is 10.0 Å². The van der Waals surface area contributed by atoms with E-state index in [0.29, 0.717) is 30.3 Å². The number of aromatic nitrogens is 5. The van der Waals surface area contributed by atoms with Crippen LogP contribution >= 0.6 is 23.2 Å². The van der Waals surface area contributed by atoms with Gasteiger partial charge in [0.25, 0.3) is 0 Å². The highest BCUT2D eigenvalue weighted by atomic mass is 35.5. The van der Waals surface area contributed by atoms with Crippen molar-refractivity contribution in [2.75, 3.05) is 37.6 Å². The number of hydrogen-bond donors (Lipinski definition) is 1. The van der Waals surface area contributed by atoms with Crippen molar-refractivity contribution < 1.29 is 4.79 Å². The largest absolute Gasteiger partial charge is 0.354 e. The van der Waals surface area contributed by atoms with E-state index in [2.05, 4.69) is 42.6 Å². The lowest BCUT2D eigenvalue weighted by Gasteiger charge is -2.32. The third-order valence-electron chi connectivity index (χ3n) is 7.52. The number of hydrogen-bond acceptors (Lipinski definition) is 7. The predicted octanol–water partition coefficient (Wildman–Crippen LogP) is 4.00.